The number of alkyl halides is 3. The highest BCUT2D eigenvalue weighted by Crippen LogP contribution is 2.31. The van der Waals surface area contributed by atoms with Crippen LogP contribution in [-0.4, -0.2) is 14.9 Å². The highest BCUT2D eigenvalue weighted by atomic mass is 19.4. The Balaban J connectivity index is 1.96. The average molecular weight is 375 g/mol. The number of non-ortho nitro benzene ring substituents is 1. The van der Waals surface area contributed by atoms with Gasteiger partial charge in [-0.15, -0.1) is 0 Å². The van der Waals surface area contributed by atoms with Crippen LogP contribution in [0, 0.1) is 10.1 Å². The Bertz CT molecular complexity index is 963. The van der Waals surface area contributed by atoms with Crippen molar-refractivity contribution in [1.82, 2.24) is 9.97 Å². The third-order valence-corrected chi connectivity index (χ3v) is 3.62. The van der Waals surface area contributed by atoms with E-state index in [1.165, 1.54) is 18.2 Å². The molecule has 3 aromatic rings. The molecule has 0 saturated heterocycles. The van der Waals surface area contributed by atoms with Gasteiger partial charge in [0.25, 0.3) is 5.69 Å². The van der Waals surface area contributed by atoms with Crippen molar-refractivity contribution >= 4 is 5.69 Å². The molecular weight excluding hydrogens is 363 g/mol. The Morgan fingerprint density at radius 1 is 1.07 bits per heavy atom. The third-order valence-electron chi connectivity index (χ3n) is 3.62. The molecule has 2 aromatic carbocycles. The molecule has 1 heterocycles. The molecule has 0 radical (unpaired) electrons. The summed E-state index contributed by atoms with van der Waals surface area (Å²) in [5.41, 5.74) is -0.0125. The molecule has 1 aromatic heterocycles. The van der Waals surface area contributed by atoms with E-state index in [2.05, 4.69) is 9.97 Å². The van der Waals surface area contributed by atoms with Crippen LogP contribution < -0.4 is 4.74 Å². The molecule has 0 fully saturated rings. The smallest absolute Gasteiger partial charge is 0.424 e. The van der Waals surface area contributed by atoms with Crippen LogP contribution in [0.3, 0.4) is 0 Å². The van der Waals surface area contributed by atoms with Crippen LogP contribution in [0.25, 0.3) is 0 Å². The molecule has 27 heavy (non-hydrogen) atoms. The van der Waals surface area contributed by atoms with Crippen LogP contribution in [0.15, 0.2) is 60.8 Å². The Labute approximate surface area is 151 Å². The number of hydrogen-bond acceptors (Lipinski definition) is 5. The first-order chi connectivity index (χ1) is 12.8. The number of halogens is 3. The van der Waals surface area contributed by atoms with Gasteiger partial charge in [0.05, 0.1) is 4.92 Å². The lowest BCUT2D eigenvalue weighted by Crippen LogP contribution is -2.09. The summed E-state index contributed by atoms with van der Waals surface area (Å²) in [6.45, 7) is 0. The van der Waals surface area contributed by atoms with Gasteiger partial charge in [-0.25, -0.2) is 4.98 Å². The maximum absolute atomic E-state index is 12.8. The number of nitro groups is 1. The molecule has 0 saturated carbocycles. The molecule has 0 atom stereocenters. The zero-order valence-electron chi connectivity index (χ0n) is 13.7. The molecule has 6 nitrogen and oxygen atoms in total. The lowest BCUT2D eigenvalue weighted by Gasteiger charge is -2.11. The minimum absolute atomic E-state index is 0.142. The van der Waals surface area contributed by atoms with E-state index < -0.39 is 22.8 Å². The van der Waals surface area contributed by atoms with Gasteiger partial charge in [-0.3, -0.25) is 10.1 Å². The van der Waals surface area contributed by atoms with E-state index in [1.54, 1.807) is 0 Å². The lowest BCUT2D eigenvalue weighted by molar-refractivity contribution is -0.384. The maximum Gasteiger partial charge on any atom is 0.433 e. The second-order valence-electron chi connectivity index (χ2n) is 5.54. The van der Waals surface area contributed by atoms with Gasteiger partial charge in [-0.1, -0.05) is 30.3 Å². The summed E-state index contributed by atoms with van der Waals surface area (Å²) >= 11 is 0. The van der Waals surface area contributed by atoms with Crippen LogP contribution in [-0.2, 0) is 12.6 Å². The fourth-order valence-corrected chi connectivity index (χ4v) is 2.38. The third kappa shape index (κ3) is 4.57. The lowest BCUT2D eigenvalue weighted by atomic mass is 10.0. The van der Waals surface area contributed by atoms with Gasteiger partial charge < -0.3 is 4.74 Å². The summed E-state index contributed by atoms with van der Waals surface area (Å²) in [6.07, 6.45) is -3.41. The van der Waals surface area contributed by atoms with E-state index in [1.807, 2.05) is 30.3 Å². The summed E-state index contributed by atoms with van der Waals surface area (Å²) < 4.78 is 43.8. The fourth-order valence-electron chi connectivity index (χ4n) is 2.38. The monoisotopic (exact) mass is 375 g/mol. The van der Waals surface area contributed by atoms with Gasteiger partial charge >= 0.3 is 12.2 Å². The molecule has 0 amide bonds. The number of aromatic nitrogens is 2. The largest absolute Gasteiger partial charge is 0.433 e. The van der Waals surface area contributed by atoms with Gasteiger partial charge in [0, 0.05) is 30.3 Å². The second-order valence-corrected chi connectivity index (χ2v) is 5.54. The zero-order chi connectivity index (χ0) is 19.4. The van der Waals surface area contributed by atoms with E-state index in [0.29, 0.717) is 5.56 Å². The topological polar surface area (TPSA) is 78.2 Å². The first-order valence-electron chi connectivity index (χ1n) is 7.72. The number of nitrogens with zero attached hydrogens (tertiary/aromatic N) is 3. The number of nitro benzene ring substituents is 1. The van der Waals surface area contributed by atoms with E-state index in [0.717, 1.165) is 17.8 Å². The second kappa shape index (κ2) is 7.40. The molecule has 0 N–H and O–H groups in total. The van der Waals surface area contributed by atoms with Crippen LogP contribution in [0.4, 0.5) is 18.9 Å². The van der Waals surface area contributed by atoms with Crippen molar-refractivity contribution in [2.24, 2.45) is 0 Å². The predicted octanol–water partition coefficient (Wildman–Crippen LogP) is 4.79. The van der Waals surface area contributed by atoms with E-state index in [4.69, 9.17) is 4.74 Å². The van der Waals surface area contributed by atoms with Crippen molar-refractivity contribution in [2.75, 3.05) is 0 Å². The summed E-state index contributed by atoms with van der Waals surface area (Å²) in [5, 5.41) is 11.0. The van der Waals surface area contributed by atoms with Gasteiger partial charge in [0.1, 0.15) is 5.75 Å². The molecule has 0 aliphatic heterocycles. The standard InChI is InChI=1S/C18H12F3N3O3/c19-18(20,21)16-8-9-22-17(23-16)27-15-7-6-14(24(25)26)11-13(15)10-12-4-2-1-3-5-12/h1-9,11H,10H2. The molecule has 138 valence electrons. The van der Waals surface area contributed by atoms with Crippen LogP contribution in [0.1, 0.15) is 16.8 Å². The van der Waals surface area contributed by atoms with Crippen LogP contribution >= 0.6 is 0 Å². The highest BCUT2D eigenvalue weighted by Gasteiger charge is 2.33. The van der Waals surface area contributed by atoms with Crippen molar-refractivity contribution in [3.8, 4) is 11.8 Å². The summed E-state index contributed by atoms with van der Waals surface area (Å²) in [5.74, 6) is 0.142. The Morgan fingerprint density at radius 2 is 1.81 bits per heavy atom. The van der Waals surface area contributed by atoms with Crippen LogP contribution in [0.2, 0.25) is 0 Å². The highest BCUT2D eigenvalue weighted by molar-refractivity contribution is 5.46. The number of rotatable bonds is 5. The molecule has 0 bridgehead atoms. The Kier molecular flexibility index (Phi) is 5.02. The maximum atomic E-state index is 12.8. The van der Waals surface area contributed by atoms with Gasteiger partial charge in [-0.05, 0) is 17.7 Å². The fraction of sp³-hybridized carbons (Fsp3) is 0.111. The molecule has 0 unspecified atom stereocenters. The molecule has 3 rings (SSSR count). The summed E-state index contributed by atoms with van der Waals surface area (Å²) in [7, 11) is 0. The Morgan fingerprint density at radius 3 is 2.48 bits per heavy atom. The average Bonchev–Trinajstić information content (AvgIpc) is 2.63. The summed E-state index contributed by atoms with van der Waals surface area (Å²) in [4.78, 5) is 17.5. The van der Waals surface area contributed by atoms with E-state index in [-0.39, 0.29) is 17.9 Å². The number of ether oxygens (including phenoxy) is 1. The van der Waals surface area contributed by atoms with Crippen molar-refractivity contribution in [3.05, 3.63) is 87.7 Å². The molecular formula is C18H12F3N3O3. The minimum Gasteiger partial charge on any atom is -0.424 e. The molecule has 0 aliphatic carbocycles. The normalized spacial score (nSPS) is 11.2. The van der Waals surface area contributed by atoms with E-state index >= 15 is 0 Å². The van der Waals surface area contributed by atoms with Crippen molar-refractivity contribution < 1.29 is 22.8 Å². The number of hydrogen-bond donors (Lipinski definition) is 0. The first kappa shape index (κ1) is 18.3. The van der Waals surface area contributed by atoms with Crippen LogP contribution in [0.5, 0.6) is 11.8 Å². The Hall–Kier alpha value is -3.49. The van der Waals surface area contributed by atoms with Gasteiger partial charge in [0.15, 0.2) is 5.69 Å². The van der Waals surface area contributed by atoms with Gasteiger partial charge in [-0.2, -0.15) is 18.2 Å². The minimum atomic E-state index is -4.64. The van der Waals surface area contributed by atoms with Crippen molar-refractivity contribution in [1.29, 1.82) is 0 Å². The quantitative estimate of drug-likeness (QED) is 0.473. The number of benzene rings is 2. The van der Waals surface area contributed by atoms with Crippen molar-refractivity contribution in [2.45, 2.75) is 12.6 Å². The SMILES string of the molecule is O=[N+]([O-])c1ccc(Oc2nccc(C(F)(F)F)n2)c(Cc2ccccc2)c1. The van der Waals surface area contributed by atoms with Gasteiger partial charge in [0.2, 0.25) is 0 Å². The van der Waals surface area contributed by atoms with Crippen molar-refractivity contribution in [3.63, 3.8) is 0 Å². The predicted molar refractivity (Wildman–Crippen MR) is 89.5 cm³/mol. The first-order valence-corrected chi connectivity index (χ1v) is 7.72. The molecule has 0 aliphatic rings. The van der Waals surface area contributed by atoms with E-state index in [9.17, 15) is 23.3 Å². The zero-order valence-corrected chi connectivity index (χ0v) is 13.7. The molecule has 9 heteroatoms. The molecule has 0 spiro atoms. The summed E-state index contributed by atoms with van der Waals surface area (Å²) in [6, 6.07) is 13.2.